The van der Waals surface area contributed by atoms with Crippen LogP contribution in [-0.2, 0) is 6.54 Å². The number of carbonyl (C=O) groups is 1. The van der Waals surface area contributed by atoms with Gasteiger partial charge < -0.3 is 15.2 Å². The fourth-order valence-electron chi connectivity index (χ4n) is 4.81. The van der Waals surface area contributed by atoms with Crippen molar-refractivity contribution in [3.8, 4) is 5.69 Å². The Labute approximate surface area is 193 Å². The number of benzene rings is 2. The van der Waals surface area contributed by atoms with E-state index in [9.17, 15) is 4.79 Å². The molecule has 2 aromatic carbocycles. The minimum atomic E-state index is -0.517. The predicted molar refractivity (Wildman–Crippen MR) is 132 cm³/mol. The summed E-state index contributed by atoms with van der Waals surface area (Å²) in [6.07, 6.45) is 4.47. The smallest absolute Gasteiger partial charge is 0.269 e. The summed E-state index contributed by atoms with van der Waals surface area (Å²) in [7, 11) is 2.17. The largest absolute Gasteiger partial charge is 0.364 e. The fourth-order valence-corrected chi connectivity index (χ4v) is 4.81. The topological polar surface area (TPSA) is 69.1 Å². The first-order valence-corrected chi connectivity index (χ1v) is 11.3. The van der Waals surface area contributed by atoms with Gasteiger partial charge in [-0.3, -0.25) is 4.79 Å². The molecule has 0 saturated heterocycles. The molecule has 1 amide bonds. The van der Waals surface area contributed by atoms with E-state index in [0.717, 1.165) is 41.9 Å². The van der Waals surface area contributed by atoms with Crippen molar-refractivity contribution in [2.45, 2.75) is 20.4 Å². The van der Waals surface area contributed by atoms with Gasteiger partial charge in [0.05, 0.1) is 5.69 Å². The SMILES string of the molecule is Cc1cc(C(N)=O)nn1-c1ccc2c(ccn2Cc2ccc(C3=CCN(C)C[C@@H]3C)cc2)c1. The van der Waals surface area contributed by atoms with Crippen LogP contribution in [0.4, 0.5) is 0 Å². The van der Waals surface area contributed by atoms with Crippen LogP contribution in [0.3, 0.4) is 0 Å². The summed E-state index contributed by atoms with van der Waals surface area (Å²) in [5, 5.41) is 5.47. The maximum atomic E-state index is 11.5. The zero-order valence-corrected chi connectivity index (χ0v) is 19.3. The molecule has 4 aromatic rings. The number of hydrogen-bond donors (Lipinski definition) is 1. The Bertz CT molecular complexity index is 1360. The molecule has 1 atom stereocenters. The summed E-state index contributed by atoms with van der Waals surface area (Å²) >= 11 is 0. The summed E-state index contributed by atoms with van der Waals surface area (Å²) in [5.74, 6) is 0.0336. The predicted octanol–water partition coefficient (Wildman–Crippen LogP) is 4.25. The van der Waals surface area contributed by atoms with E-state index in [2.05, 4.69) is 83.3 Å². The molecule has 3 heterocycles. The minimum absolute atomic E-state index is 0.277. The fraction of sp³-hybridized carbons (Fsp3) is 0.259. The molecule has 0 fully saturated rings. The molecule has 0 bridgehead atoms. The highest BCUT2D eigenvalue weighted by molar-refractivity contribution is 5.91. The molecule has 1 aliphatic heterocycles. The summed E-state index contributed by atoms with van der Waals surface area (Å²) in [6.45, 7) is 7.15. The van der Waals surface area contributed by atoms with Gasteiger partial charge in [0.2, 0.25) is 0 Å². The van der Waals surface area contributed by atoms with E-state index < -0.39 is 5.91 Å². The first-order valence-electron chi connectivity index (χ1n) is 11.3. The Hall–Kier alpha value is -3.64. The third-order valence-electron chi connectivity index (χ3n) is 6.52. The number of fused-ring (bicyclic) bond motifs is 1. The van der Waals surface area contributed by atoms with E-state index in [4.69, 9.17) is 5.73 Å². The molecule has 0 saturated carbocycles. The van der Waals surface area contributed by atoms with Crippen molar-refractivity contribution in [3.63, 3.8) is 0 Å². The Morgan fingerprint density at radius 3 is 2.61 bits per heavy atom. The molecule has 0 unspecified atom stereocenters. The van der Waals surface area contributed by atoms with E-state index in [0.29, 0.717) is 5.92 Å². The lowest BCUT2D eigenvalue weighted by Gasteiger charge is -2.28. The van der Waals surface area contributed by atoms with Crippen LogP contribution in [0.2, 0.25) is 0 Å². The number of carbonyl (C=O) groups excluding carboxylic acids is 1. The van der Waals surface area contributed by atoms with E-state index in [1.807, 2.05) is 13.0 Å². The van der Waals surface area contributed by atoms with Crippen molar-refractivity contribution in [1.29, 1.82) is 0 Å². The van der Waals surface area contributed by atoms with Gasteiger partial charge in [0, 0.05) is 42.4 Å². The molecule has 1 aliphatic rings. The van der Waals surface area contributed by atoms with E-state index >= 15 is 0 Å². The number of aromatic nitrogens is 3. The number of rotatable bonds is 5. The molecule has 168 valence electrons. The second kappa shape index (κ2) is 8.37. The maximum absolute atomic E-state index is 11.5. The van der Waals surface area contributed by atoms with Gasteiger partial charge in [0.15, 0.2) is 5.69 Å². The number of amides is 1. The van der Waals surface area contributed by atoms with Gasteiger partial charge in [-0.15, -0.1) is 0 Å². The average molecular weight is 440 g/mol. The molecule has 6 nitrogen and oxygen atoms in total. The van der Waals surface area contributed by atoms with Crippen LogP contribution in [0, 0.1) is 12.8 Å². The van der Waals surface area contributed by atoms with Crippen molar-refractivity contribution in [1.82, 2.24) is 19.2 Å². The van der Waals surface area contributed by atoms with Crippen LogP contribution in [-0.4, -0.2) is 45.3 Å². The highest BCUT2D eigenvalue weighted by Gasteiger charge is 2.17. The van der Waals surface area contributed by atoms with Gasteiger partial charge in [0.1, 0.15) is 0 Å². The molecule has 2 N–H and O–H groups in total. The number of aryl methyl sites for hydroxylation is 1. The maximum Gasteiger partial charge on any atom is 0.269 e. The van der Waals surface area contributed by atoms with Gasteiger partial charge in [0.25, 0.3) is 5.91 Å². The van der Waals surface area contributed by atoms with Gasteiger partial charge >= 0.3 is 0 Å². The van der Waals surface area contributed by atoms with Gasteiger partial charge in [-0.1, -0.05) is 37.3 Å². The molecule has 33 heavy (non-hydrogen) atoms. The third kappa shape index (κ3) is 4.10. The van der Waals surface area contributed by atoms with E-state index in [-0.39, 0.29) is 5.69 Å². The van der Waals surface area contributed by atoms with Gasteiger partial charge in [-0.25, -0.2) is 4.68 Å². The summed E-state index contributed by atoms with van der Waals surface area (Å²) in [4.78, 5) is 13.8. The van der Waals surface area contributed by atoms with E-state index in [1.54, 1.807) is 10.7 Å². The molecule has 0 spiro atoms. The number of primary amides is 1. The average Bonchev–Trinajstić information content (AvgIpc) is 3.38. The standard InChI is InChI=1S/C27H29N5O/c1-18-16-30(3)12-11-24(18)21-6-4-20(5-7-21)17-31-13-10-22-15-23(8-9-26(22)31)32-19(2)14-25(29-32)27(28)33/h4-11,13-15,18H,12,16-17H2,1-3H3,(H2,28,33)/t18-/m0/s1. The lowest BCUT2D eigenvalue weighted by atomic mass is 9.90. The highest BCUT2D eigenvalue weighted by Crippen LogP contribution is 2.28. The van der Waals surface area contributed by atoms with E-state index in [1.165, 1.54) is 16.7 Å². The Kier molecular flexibility index (Phi) is 5.38. The van der Waals surface area contributed by atoms with Crippen LogP contribution in [0.1, 0.15) is 34.2 Å². The van der Waals surface area contributed by atoms with Crippen LogP contribution < -0.4 is 5.73 Å². The number of likely N-dealkylation sites (N-methyl/N-ethyl adjacent to an activating group) is 1. The van der Waals surface area contributed by atoms with Gasteiger partial charge in [-0.2, -0.15) is 5.10 Å². The normalized spacial score (nSPS) is 16.8. The third-order valence-corrected chi connectivity index (χ3v) is 6.52. The molecular formula is C27H29N5O. The first-order chi connectivity index (χ1) is 15.9. The molecular weight excluding hydrogens is 410 g/mol. The van der Waals surface area contributed by atoms with Crippen molar-refractivity contribution in [2.75, 3.05) is 20.1 Å². The first kappa shape index (κ1) is 21.2. The summed E-state index contributed by atoms with van der Waals surface area (Å²) in [5.41, 5.74) is 12.7. The minimum Gasteiger partial charge on any atom is -0.364 e. The Morgan fingerprint density at radius 2 is 1.91 bits per heavy atom. The van der Waals surface area contributed by atoms with Crippen molar-refractivity contribution < 1.29 is 4.79 Å². The Balaban J connectivity index is 1.37. The molecule has 5 rings (SSSR count). The zero-order valence-electron chi connectivity index (χ0n) is 19.3. The lowest BCUT2D eigenvalue weighted by molar-refractivity contribution is 0.0995. The lowest BCUT2D eigenvalue weighted by Crippen LogP contribution is -2.29. The van der Waals surface area contributed by atoms with Crippen molar-refractivity contribution >= 4 is 22.4 Å². The molecule has 0 radical (unpaired) electrons. The van der Waals surface area contributed by atoms with Crippen LogP contribution in [0.15, 0.2) is 66.9 Å². The van der Waals surface area contributed by atoms with Crippen LogP contribution in [0.5, 0.6) is 0 Å². The van der Waals surface area contributed by atoms with Crippen LogP contribution >= 0.6 is 0 Å². The number of hydrogen-bond acceptors (Lipinski definition) is 3. The highest BCUT2D eigenvalue weighted by atomic mass is 16.1. The summed E-state index contributed by atoms with van der Waals surface area (Å²) in [6, 6.07) is 19.0. The molecule has 6 heteroatoms. The van der Waals surface area contributed by atoms with Gasteiger partial charge in [-0.05, 0) is 66.9 Å². The molecule has 0 aliphatic carbocycles. The quantitative estimate of drug-likeness (QED) is 0.506. The zero-order chi connectivity index (χ0) is 23.1. The monoisotopic (exact) mass is 439 g/mol. The second-order valence-electron chi connectivity index (χ2n) is 9.11. The second-order valence-corrected chi connectivity index (χ2v) is 9.11. The number of nitrogens with two attached hydrogens (primary N) is 1. The van der Waals surface area contributed by atoms with Crippen molar-refractivity contribution in [3.05, 3.63) is 89.4 Å². The summed E-state index contributed by atoms with van der Waals surface area (Å²) < 4.78 is 4.02. The molecule has 2 aromatic heterocycles. The number of nitrogens with zero attached hydrogens (tertiary/aromatic N) is 4. The Morgan fingerprint density at radius 1 is 1.12 bits per heavy atom. The van der Waals surface area contributed by atoms with Crippen LogP contribution in [0.25, 0.3) is 22.2 Å². The van der Waals surface area contributed by atoms with Crippen molar-refractivity contribution in [2.24, 2.45) is 11.7 Å².